The fourth-order valence-corrected chi connectivity index (χ4v) is 3.27. The molecule has 2 rings (SSSR count). The van der Waals surface area contributed by atoms with Crippen molar-refractivity contribution in [2.75, 3.05) is 23.8 Å². The van der Waals surface area contributed by atoms with Crippen LogP contribution in [0.2, 0.25) is 0 Å². The van der Waals surface area contributed by atoms with Gasteiger partial charge < -0.3 is 10.0 Å². The maximum Gasteiger partial charge on any atom is 0.103 e. The van der Waals surface area contributed by atoms with Crippen molar-refractivity contribution >= 4 is 17.4 Å². The van der Waals surface area contributed by atoms with E-state index in [4.69, 9.17) is 0 Å². The predicted molar refractivity (Wildman–Crippen MR) is 75.0 cm³/mol. The Morgan fingerprint density at radius 2 is 2.39 bits per heavy atom. The lowest BCUT2D eigenvalue weighted by molar-refractivity contribution is 0.266. The average Bonchev–Trinajstić information content (AvgIpc) is 2.87. The zero-order valence-electron chi connectivity index (χ0n) is 10.6. The SMILES string of the molecule is CCSc1cccc(N2CCCC2CO)c1C#N. The molecular formula is C14H18N2OS. The van der Waals surface area contributed by atoms with Crippen molar-refractivity contribution in [1.29, 1.82) is 5.26 Å². The summed E-state index contributed by atoms with van der Waals surface area (Å²) in [5.41, 5.74) is 1.73. The van der Waals surface area contributed by atoms with E-state index in [2.05, 4.69) is 17.9 Å². The third-order valence-electron chi connectivity index (χ3n) is 3.31. The number of aliphatic hydroxyl groups excluding tert-OH is 1. The fourth-order valence-electron chi connectivity index (χ4n) is 2.49. The van der Waals surface area contributed by atoms with E-state index in [9.17, 15) is 10.4 Å². The highest BCUT2D eigenvalue weighted by Gasteiger charge is 2.26. The molecule has 0 saturated carbocycles. The number of rotatable bonds is 4. The molecule has 4 heteroatoms. The number of benzene rings is 1. The van der Waals surface area contributed by atoms with Gasteiger partial charge in [-0.25, -0.2) is 0 Å². The lowest BCUT2D eigenvalue weighted by Crippen LogP contribution is -2.32. The van der Waals surface area contributed by atoms with Gasteiger partial charge in [0.2, 0.25) is 0 Å². The third kappa shape index (κ3) is 2.47. The van der Waals surface area contributed by atoms with Gasteiger partial charge in [-0.15, -0.1) is 11.8 Å². The summed E-state index contributed by atoms with van der Waals surface area (Å²) >= 11 is 1.70. The molecule has 1 heterocycles. The second-order valence-electron chi connectivity index (χ2n) is 4.37. The van der Waals surface area contributed by atoms with E-state index in [1.807, 2.05) is 18.2 Å². The minimum absolute atomic E-state index is 0.163. The van der Waals surface area contributed by atoms with Crippen molar-refractivity contribution in [3.63, 3.8) is 0 Å². The van der Waals surface area contributed by atoms with Gasteiger partial charge in [0.05, 0.1) is 23.9 Å². The molecule has 1 fully saturated rings. The lowest BCUT2D eigenvalue weighted by Gasteiger charge is -2.26. The Morgan fingerprint density at radius 3 is 3.06 bits per heavy atom. The minimum Gasteiger partial charge on any atom is -0.394 e. The zero-order chi connectivity index (χ0) is 13.0. The van der Waals surface area contributed by atoms with Crippen molar-refractivity contribution in [1.82, 2.24) is 0 Å². The number of aliphatic hydroxyl groups is 1. The van der Waals surface area contributed by atoms with E-state index in [0.717, 1.165) is 41.3 Å². The van der Waals surface area contributed by atoms with Crippen LogP contribution in [0.15, 0.2) is 23.1 Å². The van der Waals surface area contributed by atoms with E-state index in [1.165, 1.54) is 0 Å². The molecule has 1 aliphatic rings. The summed E-state index contributed by atoms with van der Waals surface area (Å²) in [5, 5.41) is 18.8. The molecule has 18 heavy (non-hydrogen) atoms. The third-order valence-corrected chi connectivity index (χ3v) is 4.25. The quantitative estimate of drug-likeness (QED) is 0.847. The molecule has 1 aliphatic heterocycles. The number of hydrogen-bond donors (Lipinski definition) is 1. The fraction of sp³-hybridized carbons (Fsp3) is 0.500. The van der Waals surface area contributed by atoms with Crippen LogP contribution < -0.4 is 4.90 Å². The molecule has 1 unspecified atom stereocenters. The summed E-state index contributed by atoms with van der Waals surface area (Å²) in [6.07, 6.45) is 2.09. The number of anilines is 1. The van der Waals surface area contributed by atoms with E-state index in [1.54, 1.807) is 11.8 Å². The summed E-state index contributed by atoms with van der Waals surface area (Å²) in [4.78, 5) is 3.22. The zero-order valence-corrected chi connectivity index (χ0v) is 11.4. The molecule has 1 aromatic rings. The van der Waals surface area contributed by atoms with Gasteiger partial charge in [0.15, 0.2) is 0 Å². The monoisotopic (exact) mass is 262 g/mol. The van der Waals surface area contributed by atoms with Crippen molar-refractivity contribution in [2.45, 2.75) is 30.7 Å². The molecule has 1 saturated heterocycles. The van der Waals surface area contributed by atoms with Gasteiger partial charge in [-0.3, -0.25) is 0 Å². The lowest BCUT2D eigenvalue weighted by atomic mass is 10.1. The van der Waals surface area contributed by atoms with Crippen LogP contribution in [0.3, 0.4) is 0 Å². The van der Waals surface area contributed by atoms with Crippen LogP contribution in [0, 0.1) is 11.3 Å². The standard InChI is InChI=1S/C14H18N2OS/c1-2-18-14-7-3-6-13(12(14)9-15)16-8-4-5-11(16)10-17/h3,6-7,11,17H,2,4-5,8,10H2,1H3. The van der Waals surface area contributed by atoms with Crippen LogP contribution in [0.4, 0.5) is 5.69 Å². The van der Waals surface area contributed by atoms with Gasteiger partial charge in [-0.1, -0.05) is 13.0 Å². The summed E-state index contributed by atoms with van der Waals surface area (Å²) in [7, 11) is 0. The first kappa shape index (κ1) is 13.3. The highest BCUT2D eigenvalue weighted by atomic mass is 32.2. The Bertz CT molecular complexity index is 456. The Morgan fingerprint density at radius 1 is 1.56 bits per heavy atom. The topological polar surface area (TPSA) is 47.3 Å². The maximum atomic E-state index is 9.40. The summed E-state index contributed by atoms with van der Waals surface area (Å²) < 4.78 is 0. The van der Waals surface area contributed by atoms with Crippen LogP contribution in [-0.2, 0) is 0 Å². The molecule has 0 spiro atoms. The van der Waals surface area contributed by atoms with Crippen LogP contribution in [0.1, 0.15) is 25.3 Å². The highest BCUT2D eigenvalue weighted by molar-refractivity contribution is 7.99. The van der Waals surface area contributed by atoms with E-state index in [0.29, 0.717) is 0 Å². The Balaban J connectivity index is 2.38. The van der Waals surface area contributed by atoms with E-state index >= 15 is 0 Å². The number of hydrogen-bond acceptors (Lipinski definition) is 4. The van der Waals surface area contributed by atoms with Crippen molar-refractivity contribution in [3.05, 3.63) is 23.8 Å². The smallest absolute Gasteiger partial charge is 0.103 e. The molecule has 0 aliphatic carbocycles. The molecular weight excluding hydrogens is 244 g/mol. The molecule has 96 valence electrons. The molecule has 0 amide bonds. The van der Waals surface area contributed by atoms with Crippen molar-refractivity contribution in [2.24, 2.45) is 0 Å². The van der Waals surface area contributed by atoms with Gasteiger partial charge in [-0.05, 0) is 30.7 Å². The largest absolute Gasteiger partial charge is 0.394 e. The van der Waals surface area contributed by atoms with Gasteiger partial charge in [0.25, 0.3) is 0 Å². The first-order chi connectivity index (χ1) is 8.81. The molecule has 0 radical (unpaired) electrons. The summed E-state index contributed by atoms with van der Waals surface area (Å²) in [5.74, 6) is 0.960. The van der Waals surface area contributed by atoms with E-state index < -0.39 is 0 Å². The highest BCUT2D eigenvalue weighted by Crippen LogP contribution is 2.33. The first-order valence-corrected chi connectivity index (χ1v) is 7.33. The minimum atomic E-state index is 0.163. The van der Waals surface area contributed by atoms with Gasteiger partial charge in [0.1, 0.15) is 6.07 Å². The molecule has 1 atom stereocenters. The Kier molecular flexibility index (Phi) is 4.51. The van der Waals surface area contributed by atoms with Crippen LogP contribution in [0.5, 0.6) is 0 Å². The Labute approximate surface area is 112 Å². The molecule has 1 N–H and O–H groups in total. The van der Waals surface area contributed by atoms with Gasteiger partial charge in [-0.2, -0.15) is 5.26 Å². The average molecular weight is 262 g/mol. The van der Waals surface area contributed by atoms with Crippen molar-refractivity contribution in [3.8, 4) is 6.07 Å². The molecule has 3 nitrogen and oxygen atoms in total. The normalized spacial score (nSPS) is 18.9. The number of nitrogens with zero attached hydrogens (tertiary/aromatic N) is 2. The van der Waals surface area contributed by atoms with Crippen molar-refractivity contribution < 1.29 is 5.11 Å². The molecule has 1 aromatic carbocycles. The van der Waals surface area contributed by atoms with Crippen LogP contribution >= 0.6 is 11.8 Å². The number of thioether (sulfide) groups is 1. The Hall–Kier alpha value is -1.18. The van der Waals surface area contributed by atoms with Gasteiger partial charge >= 0.3 is 0 Å². The predicted octanol–water partition coefficient (Wildman–Crippen LogP) is 2.63. The second kappa shape index (κ2) is 6.12. The second-order valence-corrected chi connectivity index (χ2v) is 5.67. The van der Waals surface area contributed by atoms with Crippen LogP contribution in [0.25, 0.3) is 0 Å². The maximum absolute atomic E-state index is 9.40. The van der Waals surface area contributed by atoms with Gasteiger partial charge in [0, 0.05) is 11.4 Å². The summed E-state index contributed by atoms with van der Waals surface area (Å²) in [6.45, 7) is 3.18. The summed E-state index contributed by atoms with van der Waals surface area (Å²) in [6, 6.07) is 8.49. The van der Waals surface area contributed by atoms with E-state index in [-0.39, 0.29) is 12.6 Å². The molecule has 0 bridgehead atoms. The first-order valence-electron chi connectivity index (χ1n) is 6.35. The van der Waals surface area contributed by atoms with Crippen LogP contribution in [-0.4, -0.2) is 30.1 Å². The number of nitriles is 1. The molecule has 0 aromatic heterocycles.